The molecule has 15 heavy (non-hydrogen) atoms. The Bertz CT molecular complexity index is 220. The van der Waals surface area contributed by atoms with E-state index in [9.17, 15) is 4.79 Å². The lowest BCUT2D eigenvalue weighted by Crippen LogP contribution is -2.42. The normalized spacial score (nSPS) is 27.2. The quantitative estimate of drug-likeness (QED) is 0.727. The molecule has 88 valence electrons. The van der Waals surface area contributed by atoms with E-state index >= 15 is 0 Å². The van der Waals surface area contributed by atoms with Crippen LogP contribution in [0.4, 0.5) is 4.79 Å². The van der Waals surface area contributed by atoms with Crippen LogP contribution in [0.5, 0.6) is 0 Å². The van der Waals surface area contributed by atoms with E-state index in [0.29, 0.717) is 5.92 Å². The first-order valence-corrected chi connectivity index (χ1v) is 5.85. The number of alkyl carbamates (subject to hydrolysis) is 1. The Morgan fingerprint density at radius 3 is 2.53 bits per heavy atom. The lowest BCUT2D eigenvalue weighted by atomic mass is 9.89. The lowest BCUT2D eigenvalue weighted by molar-refractivity contribution is 0.0580. The van der Waals surface area contributed by atoms with E-state index in [1.54, 1.807) is 0 Å². The molecule has 0 aliphatic heterocycles. The predicted molar refractivity (Wildman–Crippen MR) is 60.8 cm³/mol. The first-order valence-electron chi connectivity index (χ1n) is 5.85. The number of nitrogens with one attached hydrogen (secondary N) is 1. The van der Waals surface area contributed by atoms with Crippen LogP contribution in [0.2, 0.25) is 0 Å². The van der Waals surface area contributed by atoms with E-state index in [-0.39, 0.29) is 17.7 Å². The van der Waals surface area contributed by atoms with Crippen LogP contribution in [0.3, 0.4) is 0 Å². The molecule has 0 aromatic rings. The van der Waals surface area contributed by atoms with Gasteiger partial charge in [-0.15, -0.1) is 0 Å². The Balaban J connectivity index is 2.31. The molecule has 1 rings (SSSR count). The van der Waals surface area contributed by atoms with Crippen molar-refractivity contribution >= 4 is 6.09 Å². The summed E-state index contributed by atoms with van der Waals surface area (Å²) in [7, 11) is 0. The summed E-state index contributed by atoms with van der Waals surface area (Å²) < 4.78 is 5.39. The first-order chi connectivity index (χ1) is 6.87. The zero-order chi connectivity index (χ0) is 11.5. The van der Waals surface area contributed by atoms with Crippen LogP contribution in [0.25, 0.3) is 0 Å². The summed E-state index contributed by atoms with van der Waals surface area (Å²) in [6, 6.07) is 0. The number of rotatable bonds is 1. The third kappa shape index (κ3) is 5.05. The van der Waals surface area contributed by atoms with Crippen molar-refractivity contribution < 1.29 is 9.53 Å². The summed E-state index contributed by atoms with van der Waals surface area (Å²) in [5.41, 5.74) is -0.211. The molecule has 2 unspecified atom stereocenters. The maximum atomic E-state index is 11.5. The van der Waals surface area contributed by atoms with Gasteiger partial charge in [0.2, 0.25) is 0 Å². The Labute approximate surface area is 92.6 Å². The highest BCUT2D eigenvalue weighted by Crippen LogP contribution is 2.25. The molecule has 3 nitrogen and oxygen atoms in total. The molecular formula is C12H23NO2. The van der Waals surface area contributed by atoms with Crippen LogP contribution in [0, 0.1) is 5.92 Å². The fraction of sp³-hybridized carbons (Fsp3) is 0.917. The van der Waals surface area contributed by atoms with Gasteiger partial charge in [-0.2, -0.15) is 0 Å². The van der Waals surface area contributed by atoms with Crippen LogP contribution in [0.15, 0.2) is 0 Å². The molecule has 0 bridgehead atoms. The van der Waals surface area contributed by atoms with Gasteiger partial charge in [0, 0.05) is 5.54 Å². The molecule has 1 N–H and O–H groups in total. The van der Waals surface area contributed by atoms with Crippen LogP contribution in [-0.2, 0) is 4.74 Å². The summed E-state index contributed by atoms with van der Waals surface area (Å²) in [6.07, 6.45) is 4.31. The van der Waals surface area contributed by atoms with Gasteiger partial charge < -0.3 is 10.1 Å². The first kappa shape index (κ1) is 12.3. The summed E-state index contributed by atoms with van der Waals surface area (Å²) in [6.45, 7) is 8.09. The second-order valence-corrected chi connectivity index (χ2v) is 5.67. The predicted octanol–water partition coefficient (Wildman–Crippen LogP) is 3.09. The van der Waals surface area contributed by atoms with Crippen LogP contribution in [0.1, 0.15) is 53.4 Å². The largest absolute Gasteiger partial charge is 0.446 e. The molecule has 1 fully saturated rings. The van der Waals surface area contributed by atoms with Crippen molar-refractivity contribution in [1.29, 1.82) is 0 Å². The average molecular weight is 213 g/mol. The second kappa shape index (κ2) is 4.86. The van der Waals surface area contributed by atoms with Crippen molar-refractivity contribution in [2.24, 2.45) is 5.92 Å². The standard InChI is InChI=1S/C12H23NO2/c1-9-6-5-7-10(8-9)15-11(14)13-12(2,3)4/h9-10H,5-8H2,1-4H3,(H,13,14). The molecule has 3 heteroatoms. The maximum Gasteiger partial charge on any atom is 0.407 e. The molecule has 1 aliphatic carbocycles. The van der Waals surface area contributed by atoms with Crippen molar-refractivity contribution in [3.05, 3.63) is 0 Å². The SMILES string of the molecule is CC1CCCC(OC(=O)NC(C)(C)C)C1. The fourth-order valence-electron chi connectivity index (χ4n) is 1.97. The van der Waals surface area contributed by atoms with Crippen molar-refractivity contribution in [2.45, 2.75) is 65.0 Å². The van der Waals surface area contributed by atoms with E-state index in [2.05, 4.69) is 12.2 Å². The van der Waals surface area contributed by atoms with Crippen molar-refractivity contribution in [3.63, 3.8) is 0 Å². The number of amides is 1. The molecule has 1 amide bonds. The fourth-order valence-corrected chi connectivity index (χ4v) is 1.97. The highest BCUT2D eigenvalue weighted by atomic mass is 16.6. The van der Waals surface area contributed by atoms with Gasteiger partial charge in [0.1, 0.15) is 6.10 Å². The molecule has 0 aromatic carbocycles. The summed E-state index contributed by atoms with van der Waals surface area (Å²) >= 11 is 0. The van der Waals surface area contributed by atoms with Gasteiger partial charge in [-0.25, -0.2) is 4.79 Å². The number of ether oxygens (including phenoxy) is 1. The molecule has 0 radical (unpaired) electrons. The van der Waals surface area contributed by atoms with Gasteiger partial charge in [-0.05, 0) is 46.0 Å². The monoisotopic (exact) mass is 213 g/mol. The zero-order valence-electron chi connectivity index (χ0n) is 10.3. The molecule has 0 aromatic heterocycles. The third-order valence-corrected chi connectivity index (χ3v) is 2.64. The minimum absolute atomic E-state index is 0.121. The lowest BCUT2D eigenvalue weighted by Gasteiger charge is -2.28. The van der Waals surface area contributed by atoms with Gasteiger partial charge in [0.05, 0.1) is 0 Å². The molecule has 2 atom stereocenters. The number of carbonyl (C=O) groups excluding carboxylic acids is 1. The van der Waals surface area contributed by atoms with Gasteiger partial charge in [-0.3, -0.25) is 0 Å². The Morgan fingerprint density at radius 2 is 2.00 bits per heavy atom. The highest BCUT2D eigenvalue weighted by molar-refractivity contribution is 5.68. The van der Waals surface area contributed by atoms with Crippen LogP contribution >= 0.6 is 0 Å². The number of hydrogen-bond acceptors (Lipinski definition) is 2. The zero-order valence-corrected chi connectivity index (χ0v) is 10.3. The van der Waals surface area contributed by atoms with Crippen LogP contribution in [-0.4, -0.2) is 17.7 Å². The summed E-state index contributed by atoms with van der Waals surface area (Å²) in [4.78, 5) is 11.5. The Hall–Kier alpha value is -0.730. The minimum atomic E-state index is -0.276. The maximum absolute atomic E-state index is 11.5. The minimum Gasteiger partial charge on any atom is -0.446 e. The van der Waals surface area contributed by atoms with Gasteiger partial charge in [-0.1, -0.05) is 13.3 Å². The van der Waals surface area contributed by atoms with E-state index < -0.39 is 0 Å². The average Bonchev–Trinajstić information content (AvgIpc) is 1.99. The molecule has 1 aliphatic rings. The van der Waals surface area contributed by atoms with E-state index in [1.165, 1.54) is 12.8 Å². The summed E-state index contributed by atoms with van der Waals surface area (Å²) in [5.74, 6) is 0.686. The van der Waals surface area contributed by atoms with Crippen molar-refractivity contribution in [2.75, 3.05) is 0 Å². The smallest absolute Gasteiger partial charge is 0.407 e. The summed E-state index contributed by atoms with van der Waals surface area (Å²) in [5, 5.41) is 2.82. The number of hydrogen-bond donors (Lipinski definition) is 1. The van der Waals surface area contributed by atoms with Gasteiger partial charge in [0.15, 0.2) is 0 Å². The molecule has 0 saturated heterocycles. The third-order valence-electron chi connectivity index (χ3n) is 2.64. The Morgan fingerprint density at radius 1 is 1.33 bits per heavy atom. The van der Waals surface area contributed by atoms with Crippen LogP contribution < -0.4 is 5.32 Å². The van der Waals surface area contributed by atoms with Gasteiger partial charge in [0.25, 0.3) is 0 Å². The molecule has 0 spiro atoms. The molecule has 0 heterocycles. The van der Waals surface area contributed by atoms with E-state index in [0.717, 1.165) is 12.8 Å². The highest BCUT2D eigenvalue weighted by Gasteiger charge is 2.23. The van der Waals surface area contributed by atoms with E-state index in [4.69, 9.17) is 4.74 Å². The van der Waals surface area contributed by atoms with Crippen molar-refractivity contribution in [3.8, 4) is 0 Å². The Kier molecular flexibility index (Phi) is 4.00. The second-order valence-electron chi connectivity index (χ2n) is 5.67. The molecule has 1 saturated carbocycles. The number of carbonyl (C=O) groups is 1. The van der Waals surface area contributed by atoms with Gasteiger partial charge >= 0.3 is 6.09 Å². The van der Waals surface area contributed by atoms with Crippen molar-refractivity contribution in [1.82, 2.24) is 5.32 Å². The molecular weight excluding hydrogens is 190 g/mol. The van der Waals surface area contributed by atoms with E-state index in [1.807, 2.05) is 20.8 Å². The topological polar surface area (TPSA) is 38.3 Å².